The molecule has 1 unspecified atom stereocenters. The summed E-state index contributed by atoms with van der Waals surface area (Å²) in [6.07, 6.45) is 0.842. The lowest BCUT2D eigenvalue weighted by atomic mass is 9.99. The second-order valence-electron chi connectivity index (χ2n) is 4.95. The van der Waals surface area contributed by atoms with Crippen LogP contribution in [0.1, 0.15) is 27.6 Å². The summed E-state index contributed by atoms with van der Waals surface area (Å²) in [5, 5.41) is 0.244. The molecule has 4 heteroatoms. The monoisotopic (exact) mass is 310 g/mol. The average molecular weight is 311 g/mol. The molecule has 104 valence electrons. The average Bonchev–Trinajstić information content (AvgIpc) is 2.88. The third-order valence-corrected chi connectivity index (χ3v) is 4.23. The summed E-state index contributed by atoms with van der Waals surface area (Å²) >= 11 is 12.7. The van der Waals surface area contributed by atoms with E-state index >= 15 is 0 Å². The van der Waals surface area contributed by atoms with Gasteiger partial charge in [0, 0.05) is 17.0 Å². The molecule has 1 nitrogen and oxygen atoms in total. The van der Waals surface area contributed by atoms with Crippen LogP contribution < -0.4 is 4.74 Å². The summed E-state index contributed by atoms with van der Waals surface area (Å²) in [7, 11) is 0. The normalized spacial score (nSPS) is 14.8. The molecule has 1 aliphatic heterocycles. The number of benzene rings is 2. The third-order valence-electron chi connectivity index (χ3n) is 3.52. The molecule has 0 amide bonds. The molecule has 2 aromatic rings. The van der Waals surface area contributed by atoms with Crippen LogP contribution in [0.15, 0.2) is 30.3 Å². The zero-order valence-electron chi connectivity index (χ0n) is 10.9. The molecule has 0 bridgehead atoms. The largest absolute Gasteiger partial charge is 0.493 e. The predicted molar refractivity (Wildman–Crippen MR) is 79.5 cm³/mol. The molecular weight excluding hydrogens is 298 g/mol. The lowest BCUT2D eigenvalue weighted by Gasteiger charge is -2.15. The predicted octanol–water partition coefficient (Wildman–Crippen LogP) is 5.05. The van der Waals surface area contributed by atoms with Crippen LogP contribution in [0.5, 0.6) is 5.75 Å². The molecule has 0 radical (unpaired) electrons. The first-order valence-corrected chi connectivity index (χ1v) is 7.23. The Labute approximate surface area is 127 Å². The molecule has 0 N–H and O–H groups in total. The molecule has 0 aromatic heterocycles. The maximum absolute atomic E-state index is 13.4. The second kappa shape index (κ2) is 5.27. The Kier molecular flexibility index (Phi) is 3.61. The van der Waals surface area contributed by atoms with E-state index in [9.17, 15) is 4.39 Å². The van der Waals surface area contributed by atoms with E-state index in [-0.39, 0.29) is 5.82 Å². The first-order chi connectivity index (χ1) is 9.56. The molecule has 0 spiro atoms. The van der Waals surface area contributed by atoms with Crippen LogP contribution in [-0.4, -0.2) is 6.61 Å². The molecule has 20 heavy (non-hydrogen) atoms. The Balaban J connectivity index is 2.06. The first-order valence-electron chi connectivity index (χ1n) is 6.41. The van der Waals surface area contributed by atoms with Gasteiger partial charge < -0.3 is 4.74 Å². The van der Waals surface area contributed by atoms with Gasteiger partial charge in [0.15, 0.2) is 0 Å². The van der Waals surface area contributed by atoms with Gasteiger partial charge in [-0.25, -0.2) is 4.39 Å². The van der Waals surface area contributed by atoms with Crippen molar-refractivity contribution in [2.45, 2.75) is 18.7 Å². The fraction of sp³-hybridized carbons (Fsp3) is 0.250. The number of hydrogen-bond donors (Lipinski definition) is 0. The number of alkyl halides is 1. The smallest absolute Gasteiger partial charge is 0.127 e. The Bertz CT molecular complexity index is 670. The van der Waals surface area contributed by atoms with Crippen LogP contribution in [0.4, 0.5) is 4.39 Å². The summed E-state index contributed by atoms with van der Waals surface area (Å²) in [5.74, 6) is 0.585. The highest BCUT2D eigenvalue weighted by atomic mass is 35.5. The standard InChI is InChI=1S/C16H13Cl2FO/c1-9-6-10(2-3-14(9)19)15(18)13-8-12(17)7-11-4-5-20-16(11)13/h2-3,6-8,15H,4-5H2,1H3. The van der Waals surface area contributed by atoms with Gasteiger partial charge in [0.25, 0.3) is 0 Å². The van der Waals surface area contributed by atoms with E-state index < -0.39 is 5.38 Å². The first kappa shape index (κ1) is 13.7. The number of rotatable bonds is 2. The summed E-state index contributed by atoms with van der Waals surface area (Å²) in [4.78, 5) is 0. The lowest BCUT2D eigenvalue weighted by Crippen LogP contribution is -1.98. The van der Waals surface area contributed by atoms with E-state index in [1.54, 1.807) is 19.1 Å². The van der Waals surface area contributed by atoms with Gasteiger partial charge in [0.05, 0.1) is 12.0 Å². The van der Waals surface area contributed by atoms with Crippen LogP contribution in [0.2, 0.25) is 5.02 Å². The molecule has 1 aliphatic rings. The number of halogens is 3. The van der Waals surface area contributed by atoms with Crippen LogP contribution in [0.25, 0.3) is 0 Å². The fourth-order valence-electron chi connectivity index (χ4n) is 2.49. The molecule has 0 saturated carbocycles. The summed E-state index contributed by atoms with van der Waals surface area (Å²) in [6.45, 7) is 2.37. The minimum Gasteiger partial charge on any atom is -0.493 e. The van der Waals surface area contributed by atoms with Crippen molar-refractivity contribution in [3.63, 3.8) is 0 Å². The number of fused-ring (bicyclic) bond motifs is 1. The Hall–Kier alpha value is -1.25. The van der Waals surface area contributed by atoms with Gasteiger partial charge in [-0.15, -0.1) is 11.6 Å². The summed E-state index contributed by atoms with van der Waals surface area (Å²) in [6, 6.07) is 8.62. The molecule has 0 fully saturated rings. The number of ether oxygens (including phenoxy) is 1. The van der Waals surface area contributed by atoms with Gasteiger partial charge in [-0.2, -0.15) is 0 Å². The molecule has 2 aromatic carbocycles. The van der Waals surface area contributed by atoms with Crippen LogP contribution in [0.3, 0.4) is 0 Å². The summed E-state index contributed by atoms with van der Waals surface area (Å²) in [5.41, 5.74) is 3.34. The maximum atomic E-state index is 13.4. The third kappa shape index (κ3) is 2.38. The highest BCUT2D eigenvalue weighted by molar-refractivity contribution is 6.31. The topological polar surface area (TPSA) is 9.23 Å². The molecular formula is C16H13Cl2FO. The van der Waals surface area contributed by atoms with Crippen molar-refractivity contribution in [3.05, 3.63) is 63.4 Å². The highest BCUT2D eigenvalue weighted by Crippen LogP contribution is 2.41. The van der Waals surface area contributed by atoms with Gasteiger partial charge >= 0.3 is 0 Å². The van der Waals surface area contributed by atoms with Crippen molar-refractivity contribution in [1.82, 2.24) is 0 Å². The van der Waals surface area contributed by atoms with Gasteiger partial charge in [0.1, 0.15) is 11.6 Å². The van der Waals surface area contributed by atoms with E-state index in [0.717, 1.165) is 28.9 Å². The molecule has 3 rings (SSSR count). The van der Waals surface area contributed by atoms with Gasteiger partial charge in [0.2, 0.25) is 0 Å². The van der Waals surface area contributed by atoms with Crippen molar-refractivity contribution >= 4 is 23.2 Å². The van der Waals surface area contributed by atoms with E-state index in [1.165, 1.54) is 6.07 Å². The van der Waals surface area contributed by atoms with Gasteiger partial charge in [-0.05, 0) is 41.8 Å². The van der Waals surface area contributed by atoms with E-state index in [2.05, 4.69) is 0 Å². The Morgan fingerprint density at radius 2 is 2.05 bits per heavy atom. The maximum Gasteiger partial charge on any atom is 0.127 e. The van der Waals surface area contributed by atoms with Crippen LogP contribution >= 0.6 is 23.2 Å². The SMILES string of the molecule is Cc1cc(C(Cl)c2cc(Cl)cc3c2OCC3)ccc1F. The molecule has 0 aliphatic carbocycles. The van der Waals surface area contributed by atoms with Gasteiger partial charge in [-0.1, -0.05) is 23.7 Å². The molecule has 1 atom stereocenters. The minimum atomic E-state index is -0.403. The van der Waals surface area contributed by atoms with Crippen molar-refractivity contribution in [2.75, 3.05) is 6.61 Å². The minimum absolute atomic E-state index is 0.231. The molecule has 0 saturated heterocycles. The number of aryl methyl sites for hydroxylation is 1. The zero-order chi connectivity index (χ0) is 14.3. The fourth-order valence-corrected chi connectivity index (χ4v) is 3.04. The van der Waals surface area contributed by atoms with Crippen molar-refractivity contribution in [1.29, 1.82) is 0 Å². The van der Waals surface area contributed by atoms with E-state index in [4.69, 9.17) is 27.9 Å². The van der Waals surface area contributed by atoms with E-state index in [0.29, 0.717) is 17.2 Å². The Morgan fingerprint density at radius 3 is 2.80 bits per heavy atom. The second-order valence-corrected chi connectivity index (χ2v) is 5.83. The molecule has 1 heterocycles. The Morgan fingerprint density at radius 1 is 1.25 bits per heavy atom. The van der Waals surface area contributed by atoms with Crippen molar-refractivity contribution in [2.24, 2.45) is 0 Å². The van der Waals surface area contributed by atoms with Crippen LogP contribution in [0, 0.1) is 12.7 Å². The van der Waals surface area contributed by atoms with Crippen molar-refractivity contribution in [3.8, 4) is 5.75 Å². The quantitative estimate of drug-likeness (QED) is 0.705. The zero-order valence-corrected chi connectivity index (χ0v) is 12.4. The van der Waals surface area contributed by atoms with Crippen LogP contribution in [-0.2, 0) is 6.42 Å². The summed E-state index contributed by atoms with van der Waals surface area (Å²) < 4.78 is 19.0. The lowest BCUT2D eigenvalue weighted by molar-refractivity contribution is 0.353. The highest BCUT2D eigenvalue weighted by Gasteiger charge is 2.23. The van der Waals surface area contributed by atoms with Crippen molar-refractivity contribution < 1.29 is 9.13 Å². The number of hydrogen-bond acceptors (Lipinski definition) is 1. The van der Waals surface area contributed by atoms with Gasteiger partial charge in [-0.3, -0.25) is 0 Å². The van der Waals surface area contributed by atoms with E-state index in [1.807, 2.05) is 12.1 Å².